The number of hydrogen-bond acceptors (Lipinski definition) is 4. The molecule has 1 aromatic carbocycles. The summed E-state index contributed by atoms with van der Waals surface area (Å²) in [5.41, 5.74) is 10.2. The Balaban J connectivity index is 0.00000280. The molecule has 1 aliphatic rings. The number of aliphatic imine (C=N–C) groups is 1. The molecule has 1 aromatic heterocycles. The van der Waals surface area contributed by atoms with E-state index in [2.05, 4.69) is 65.7 Å². The van der Waals surface area contributed by atoms with Gasteiger partial charge in [0.2, 0.25) is 5.95 Å². The van der Waals surface area contributed by atoms with Gasteiger partial charge in [0, 0.05) is 44.0 Å². The monoisotopic (exact) mass is 494 g/mol. The zero-order valence-electron chi connectivity index (χ0n) is 17.2. The van der Waals surface area contributed by atoms with Crippen molar-refractivity contribution in [3.63, 3.8) is 0 Å². The van der Waals surface area contributed by atoms with Gasteiger partial charge in [0.15, 0.2) is 5.96 Å². The zero-order chi connectivity index (χ0) is 19.4. The van der Waals surface area contributed by atoms with E-state index in [1.165, 1.54) is 16.7 Å². The maximum absolute atomic E-state index is 6.31. The van der Waals surface area contributed by atoms with Crippen molar-refractivity contribution in [2.75, 3.05) is 37.6 Å². The van der Waals surface area contributed by atoms with Gasteiger partial charge in [0.1, 0.15) is 0 Å². The Morgan fingerprint density at radius 1 is 1.11 bits per heavy atom. The molecule has 0 atom stereocenters. The van der Waals surface area contributed by atoms with Gasteiger partial charge in [-0.05, 0) is 31.0 Å². The smallest absolute Gasteiger partial charge is 0.225 e. The van der Waals surface area contributed by atoms with E-state index in [9.17, 15) is 0 Å². The van der Waals surface area contributed by atoms with Gasteiger partial charge in [-0.1, -0.05) is 37.6 Å². The second-order valence-electron chi connectivity index (χ2n) is 7.90. The van der Waals surface area contributed by atoms with Gasteiger partial charge in [-0.25, -0.2) is 9.97 Å². The summed E-state index contributed by atoms with van der Waals surface area (Å²) < 4.78 is 0. The molecule has 152 valence electrons. The molecular weight excluding hydrogens is 463 g/mol. The summed E-state index contributed by atoms with van der Waals surface area (Å²) in [5.74, 6) is 1.41. The summed E-state index contributed by atoms with van der Waals surface area (Å²) in [7, 11) is 0. The third-order valence-electron chi connectivity index (χ3n) is 5.19. The summed E-state index contributed by atoms with van der Waals surface area (Å²) in [5, 5.41) is 0. The van der Waals surface area contributed by atoms with E-state index in [1.807, 2.05) is 6.07 Å². The van der Waals surface area contributed by atoms with Gasteiger partial charge in [0.05, 0.1) is 6.54 Å². The Hall–Kier alpha value is -1.90. The summed E-state index contributed by atoms with van der Waals surface area (Å²) >= 11 is 0. The van der Waals surface area contributed by atoms with Gasteiger partial charge >= 0.3 is 0 Å². The second-order valence-corrected chi connectivity index (χ2v) is 7.90. The standard InChI is InChI=1S/C21H30N6.HI/c1-16-6-7-18(17(2)14-16)21(3,4)15-25-19(22)26-10-12-27(13-11-26)20-23-8-5-9-24-20;/h5-9,14H,10-13,15H2,1-4H3,(H2,22,25);1H. The molecule has 6 nitrogen and oxygen atoms in total. The highest BCUT2D eigenvalue weighted by atomic mass is 127. The minimum atomic E-state index is -0.0535. The maximum atomic E-state index is 6.31. The van der Waals surface area contributed by atoms with Crippen LogP contribution in [0.5, 0.6) is 0 Å². The van der Waals surface area contributed by atoms with Crippen LogP contribution in [0.1, 0.15) is 30.5 Å². The molecule has 0 saturated carbocycles. The van der Waals surface area contributed by atoms with E-state index in [-0.39, 0.29) is 29.4 Å². The van der Waals surface area contributed by atoms with Crippen molar-refractivity contribution in [3.8, 4) is 0 Å². The van der Waals surface area contributed by atoms with Crippen LogP contribution in [0.25, 0.3) is 0 Å². The molecule has 0 bridgehead atoms. The molecule has 2 aromatic rings. The molecule has 2 heterocycles. The van der Waals surface area contributed by atoms with Crippen LogP contribution in [0.3, 0.4) is 0 Å². The molecule has 0 radical (unpaired) electrons. The first-order chi connectivity index (χ1) is 12.9. The van der Waals surface area contributed by atoms with Crippen LogP contribution in [0.4, 0.5) is 5.95 Å². The lowest BCUT2D eigenvalue weighted by atomic mass is 9.81. The van der Waals surface area contributed by atoms with Crippen LogP contribution in [-0.2, 0) is 5.41 Å². The van der Waals surface area contributed by atoms with Gasteiger partial charge in [0.25, 0.3) is 0 Å². The molecule has 7 heteroatoms. The van der Waals surface area contributed by atoms with Crippen LogP contribution < -0.4 is 10.6 Å². The molecular formula is C21H31IN6. The second kappa shape index (κ2) is 9.54. The van der Waals surface area contributed by atoms with Crippen molar-refractivity contribution < 1.29 is 0 Å². The Morgan fingerprint density at radius 3 is 2.36 bits per heavy atom. The van der Waals surface area contributed by atoms with E-state index in [0.29, 0.717) is 12.5 Å². The number of guanidine groups is 1. The average molecular weight is 494 g/mol. The Bertz CT molecular complexity index is 798. The van der Waals surface area contributed by atoms with Crippen LogP contribution in [0, 0.1) is 13.8 Å². The van der Waals surface area contributed by atoms with Crippen molar-refractivity contribution in [1.82, 2.24) is 14.9 Å². The number of aryl methyl sites for hydroxylation is 2. The predicted octanol–water partition coefficient (Wildman–Crippen LogP) is 3.13. The van der Waals surface area contributed by atoms with Crippen molar-refractivity contribution in [1.29, 1.82) is 0 Å². The lowest BCUT2D eigenvalue weighted by Crippen LogP contribution is -2.51. The van der Waals surface area contributed by atoms with E-state index < -0.39 is 0 Å². The van der Waals surface area contributed by atoms with E-state index in [4.69, 9.17) is 10.7 Å². The fourth-order valence-corrected chi connectivity index (χ4v) is 3.63. The lowest BCUT2D eigenvalue weighted by molar-refractivity contribution is 0.376. The number of halogens is 1. The Morgan fingerprint density at radius 2 is 1.75 bits per heavy atom. The van der Waals surface area contributed by atoms with E-state index in [0.717, 1.165) is 32.1 Å². The number of nitrogens with two attached hydrogens (primary N) is 1. The molecule has 0 aliphatic carbocycles. The fraction of sp³-hybridized carbons (Fsp3) is 0.476. The number of rotatable bonds is 4. The summed E-state index contributed by atoms with van der Waals surface area (Å²) in [6, 6.07) is 8.45. The highest BCUT2D eigenvalue weighted by Crippen LogP contribution is 2.27. The topological polar surface area (TPSA) is 70.6 Å². The average Bonchev–Trinajstić information content (AvgIpc) is 2.67. The number of piperazine rings is 1. The minimum Gasteiger partial charge on any atom is -0.370 e. The summed E-state index contributed by atoms with van der Waals surface area (Å²) in [6.07, 6.45) is 3.55. The van der Waals surface area contributed by atoms with E-state index >= 15 is 0 Å². The van der Waals surface area contributed by atoms with Gasteiger partial charge in [-0.3, -0.25) is 4.99 Å². The number of benzene rings is 1. The molecule has 0 unspecified atom stereocenters. The largest absolute Gasteiger partial charge is 0.370 e. The first kappa shape index (κ1) is 22.4. The van der Waals surface area contributed by atoms with Gasteiger partial charge in [-0.15, -0.1) is 24.0 Å². The Kier molecular flexibility index (Phi) is 7.63. The van der Waals surface area contributed by atoms with Crippen molar-refractivity contribution in [2.24, 2.45) is 10.7 Å². The lowest BCUT2D eigenvalue weighted by Gasteiger charge is -2.35. The molecule has 3 rings (SSSR count). The third-order valence-corrected chi connectivity index (χ3v) is 5.19. The predicted molar refractivity (Wildman–Crippen MR) is 127 cm³/mol. The summed E-state index contributed by atoms with van der Waals surface area (Å²) in [6.45, 7) is 12.8. The molecule has 0 amide bonds. The van der Waals surface area contributed by atoms with Crippen LogP contribution in [0.2, 0.25) is 0 Å². The number of aromatic nitrogens is 2. The first-order valence-electron chi connectivity index (χ1n) is 9.51. The van der Waals surface area contributed by atoms with Crippen LogP contribution in [0.15, 0.2) is 41.7 Å². The Labute approximate surface area is 185 Å². The van der Waals surface area contributed by atoms with Crippen LogP contribution in [-0.4, -0.2) is 53.6 Å². The fourth-order valence-electron chi connectivity index (χ4n) is 3.63. The van der Waals surface area contributed by atoms with Crippen molar-refractivity contribution in [3.05, 3.63) is 53.3 Å². The molecule has 0 spiro atoms. The third kappa shape index (κ3) is 5.33. The van der Waals surface area contributed by atoms with Gasteiger partial charge in [-0.2, -0.15) is 0 Å². The SMILES string of the molecule is Cc1ccc(C(C)(C)CN=C(N)N2CCN(c3ncccn3)CC2)c(C)c1.I. The first-order valence-corrected chi connectivity index (χ1v) is 9.51. The number of hydrogen-bond donors (Lipinski definition) is 1. The van der Waals surface area contributed by atoms with Crippen molar-refractivity contribution >= 4 is 35.9 Å². The number of nitrogens with zero attached hydrogens (tertiary/aromatic N) is 5. The minimum absolute atomic E-state index is 0. The highest BCUT2D eigenvalue weighted by molar-refractivity contribution is 14.0. The normalized spacial score (nSPS) is 15.4. The summed E-state index contributed by atoms with van der Waals surface area (Å²) in [4.78, 5) is 17.7. The quantitative estimate of drug-likeness (QED) is 0.402. The molecule has 1 saturated heterocycles. The zero-order valence-corrected chi connectivity index (χ0v) is 19.6. The molecule has 2 N–H and O–H groups in total. The highest BCUT2D eigenvalue weighted by Gasteiger charge is 2.24. The van der Waals surface area contributed by atoms with Gasteiger partial charge < -0.3 is 15.5 Å². The van der Waals surface area contributed by atoms with Crippen LogP contribution >= 0.6 is 24.0 Å². The molecule has 1 fully saturated rings. The maximum Gasteiger partial charge on any atom is 0.225 e. The van der Waals surface area contributed by atoms with Crippen molar-refractivity contribution in [2.45, 2.75) is 33.1 Å². The molecule has 28 heavy (non-hydrogen) atoms. The van der Waals surface area contributed by atoms with E-state index in [1.54, 1.807) is 12.4 Å². The number of anilines is 1. The molecule has 1 aliphatic heterocycles.